The zero-order chi connectivity index (χ0) is 14.8. The number of carbonyl (C=O) groups excluding carboxylic acids is 1. The van der Waals surface area contributed by atoms with Crippen molar-refractivity contribution >= 4 is 29.0 Å². The molecule has 0 atom stereocenters. The van der Waals surface area contributed by atoms with Gasteiger partial charge in [0.1, 0.15) is 0 Å². The third kappa shape index (κ3) is 3.03. The van der Waals surface area contributed by atoms with E-state index in [2.05, 4.69) is 4.90 Å². The Labute approximate surface area is 131 Å². The number of rotatable bonds is 3. The molecule has 1 aliphatic carbocycles. The van der Waals surface area contributed by atoms with Crippen molar-refractivity contribution in [3.8, 4) is 0 Å². The van der Waals surface area contributed by atoms with Crippen molar-refractivity contribution in [1.82, 2.24) is 4.90 Å². The summed E-state index contributed by atoms with van der Waals surface area (Å²) in [6.45, 7) is 0. The molecule has 20 heavy (non-hydrogen) atoms. The minimum Gasteiger partial charge on any atom is -0.297 e. The fraction of sp³-hybridized carbons (Fsp3) is 0.562. The average Bonchev–Trinajstić information content (AvgIpc) is 2.67. The number of benzene rings is 1. The first kappa shape index (κ1) is 15.8. The lowest BCUT2D eigenvalue weighted by Crippen LogP contribution is -2.50. The van der Waals surface area contributed by atoms with Gasteiger partial charge in [-0.1, -0.05) is 48.9 Å². The third-order valence-corrected chi connectivity index (χ3v) is 4.95. The number of hydrogen-bond acceptors (Lipinski definition) is 2. The Morgan fingerprint density at radius 3 is 2.25 bits per heavy atom. The molecule has 0 radical (unpaired) electrons. The number of likely N-dealkylation sites (N-methyl/N-ethyl adjacent to an activating group) is 1. The molecule has 0 N–H and O–H groups in total. The molecule has 1 aliphatic rings. The van der Waals surface area contributed by atoms with Gasteiger partial charge in [0.2, 0.25) is 0 Å². The van der Waals surface area contributed by atoms with Crippen LogP contribution in [0.1, 0.15) is 48.9 Å². The summed E-state index contributed by atoms with van der Waals surface area (Å²) in [6.07, 6.45) is 6.35. The smallest absolute Gasteiger partial charge is 0.184 e. The van der Waals surface area contributed by atoms with Gasteiger partial charge in [0.15, 0.2) is 5.78 Å². The highest BCUT2D eigenvalue weighted by Crippen LogP contribution is 2.36. The Balaban J connectivity index is 2.43. The molecule has 0 amide bonds. The van der Waals surface area contributed by atoms with Gasteiger partial charge in [0.25, 0.3) is 0 Å². The van der Waals surface area contributed by atoms with E-state index in [0.29, 0.717) is 15.6 Å². The van der Waals surface area contributed by atoms with Crippen molar-refractivity contribution in [2.75, 3.05) is 14.1 Å². The van der Waals surface area contributed by atoms with Crippen LogP contribution in [-0.4, -0.2) is 30.3 Å². The van der Waals surface area contributed by atoms with Crippen LogP contribution in [0.2, 0.25) is 10.0 Å². The summed E-state index contributed by atoms with van der Waals surface area (Å²) in [4.78, 5) is 15.2. The van der Waals surface area contributed by atoms with Gasteiger partial charge in [0, 0.05) is 10.6 Å². The van der Waals surface area contributed by atoms with Gasteiger partial charge < -0.3 is 0 Å². The fourth-order valence-electron chi connectivity index (χ4n) is 3.11. The molecule has 0 saturated heterocycles. The van der Waals surface area contributed by atoms with Crippen molar-refractivity contribution in [1.29, 1.82) is 0 Å². The number of hydrogen-bond donors (Lipinski definition) is 0. The molecule has 1 fully saturated rings. The van der Waals surface area contributed by atoms with E-state index in [0.717, 1.165) is 25.7 Å². The lowest BCUT2D eigenvalue weighted by molar-refractivity contribution is 0.0635. The van der Waals surface area contributed by atoms with E-state index in [1.54, 1.807) is 18.2 Å². The fourth-order valence-corrected chi connectivity index (χ4v) is 3.49. The highest BCUT2D eigenvalue weighted by atomic mass is 35.5. The van der Waals surface area contributed by atoms with Crippen LogP contribution in [-0.2, 0) is 0 Å². The number of ketones is 1. The molecule has 0 heterocycles. The standard InChI is InChI=1S/C16H21Cl2NO/c1-19(2)16(9-5-3-4-6-10-16)15(20)13-11-12(17)7-8-14(13)18/h7-8,11H,3-6,9-10H2,1-2H3. The second-order valence-corrected chi connectivity index (χ2v) is 6.64. The van der Waals surface area contributed by atoms with E-state index >= 15 is 0 Å². The number of carbonyl (C=O) groups is 1. The summed E-state index contributed by atoms with van der Waals surface area (Å²) >= 11 is 12.3. The van der Waals surface area contributed by atoms with Gasteiger partial charge in [-0.15, -0.1) is 0 Å². The first-order valence-electron chi connectivity index (χ1n) is 7.15. The maximum absolute atomic E-state index is 13.1. The summed E-state index contributed by atoms with van der Waals surface area (Å²) in [5.74, 6) is 0.108. The van der Waals surface area contributed by atoms with Crippen LogP contribution in [0.3, 0.4) is 0 Å². The van der Waals surface area contributed by atoms with Crippen molar-refractivity contribution in [3.05, 3.63) is 33.8 Å². The van der Waals surface area contributed by atoms with Crippen LogP contribution in [0.15, 0.2) is 18.2 Å². The molecule has 0 spiro atoms. The summed E-state index contributed by atoms with van der Waals surface area (Å²) < 4.78 is 0. The SMILES string of the molecule is CN(C)C1(C(=O)c2cc(Cl)ccc2Cl)CCCCCC1. The summed E-state index contributed by atoms with van der Waals surface area (Å²) in [7, 11) is 3.98. The number of halogens is 2. The quantitative estimate of drug-likeness (QED) is 0.588. The van der Waals surface area contributed by atoms with Gasteiger partial charge in [0.05, 0.1) is 10.6 Å². The van der Waals surface area contributed by atoms with Crippen molar-refractivity contribution < 1.29 is 4.79 Å². The third-order valence-electron chi connectivity index (χ3n) is 4.38. The van der Waals surface area contributed by atoms with Gasteiger partial charge in [-0.05, 0) is 45.1 Å². The minimum atomic E-state index is -0.440. The van der Waals surface area contributed by atoms with Crippen molar-refractivity contribution in [2.45, 2.75) is 44.1 Å². The van der Waals surface area contributed by atoms with Crippen LogP contribution >= 0.6 is 23.2 Å². The Kier molecular flexibility index (Phi) is 5.11. The topological polar surface area (TPSA) is 20.3 Å². The maximum atomic E-state index is 13.1. The van der Waals surface area contributed by atoms with E-state index in [9.17, 15) is 4.79 Å². The molecule has 0 aliphatic heterocycles. The molecule has 2 rings (SSSR count). The van der Waals surface area contributed by atoms with E-state index < -0.39 is 5.54 Å². The molecular weight excluding hydrogens is 293 g/mol. The first-order valence-corrected chi connectivity index (χ1v) is 7.90. The van der Waals surface area contributed by atoms with Crippen LogP contribution in [0, 0.1) is 0 Å². The lowest BCUT2D eigenvalue weighted by atomic mass is 9.81. The Morgan fingerprint density at radius 1 is 1.10 bits per heavy atom. The molecule has 4 heteroatoms. The monoisotopic (exact) mass is 313 g/mol. The molecule has 2 nitrogen and oxygen atoms in total. The van der Waals surface area contributed by atoms with Crippen LogP contribution < -0.4 is 0 Å². The second-order valence-electron chi connectivity index (χ2n) is 5.79. The van der Waals surface area contributed by atoms with Crippen LogP contribution in [0.25, 0.3) is 0 Å². The summed E-state index contributed by atoms with van der Waals surface area (Å²) in [5, 5.41) is 1.05. The Morgan fingerprint density at radius 2 is 1.70 bits per heavy atom. The zero-order valence-electron chi connectivity index (χ0n) is 12.1. The molecule has 1 aromatic rings. The molecular formula is C16H21Cl2NO. The van der Waals surface area contributed by atoms with Crippen LogP contribution in [0.4, 0.5) is 0 Å². The number of nitrogens with zero attached hydrogens (tertiary/aromatic N) is 1. The van der Waals surface area contributed by atoms with Crippen LogP contribution in [0.5, 0.6) is 0 Å². The first-order chi connectivity index (χ1) is 9.47. The van der Waals surface area contributed by atoms with E-state index in [1.807, 2.05) is 14.1 Å². The predicted molar refractivity (Wildman–Crippen MR) is 84.9 cm³/mol. The largest absolute Gasteiger partial charge is 0.297 e. The van der Waals surface area contributed by atoms with E-state index in [1.165, 1.54) is 12.8 Å². The van der Waals surface area contributed by atoms with Gasteiger partial charge in [-0.2, -0.15) is 0 Å². The summed E-state index contributed by atoms with van der Waals surface area (Å²) in [5.41, 5.74) is 0.111. The number of Topliss-reactive ketones (excluding diaryl/α,β-unsaturated/α-hetero) is 1. The molecule has 0 aromatic heterocycles. The molecule has 110 valence electrons. The van der Waals surface area contributed by atoms with Gasteiger partial charge in [-0.3, -0.25) is 9.69 Å². The van der Waals surface area contributed by atoms with Gasteiger partial charge >= 0.3 is 0 Å². The van der Waals surface area contributed by atoms with Crippen molar-refractivity contribution in [3.63, 3.8) is 0 Å². The zero-order valence-corrected chi connectivity index (χ0v) is 13.6. The molecule has 0 bridgehead atoms. The molecule has 1 saturated carbocycles. The highest BCUT2D eigenvalue weighted by molar-refractivity contribution is 6.36. The average molecular weight is 314 g/mol. The lowest BCUT2D eigenvalue weighted by Gasteiger charge is -2.38. The minimum absolute atomic E-state index is 0.108. The summed E-state index contributed by atoms with van der Waals surface area (Å²) in [6, 6.07) is 5.12. The normalized spacial score (nSPS) is 18.9. The second kappa shape index (κ2) is 6.46. The van der Waals surface area contributed by atoms with Gasteiger partial charge in [-0.25, -0.2) is 0 Å². The Hall–Kier alpha value is -0.570. The Bertz CT molecular complexity index is 491. The van der Waals surface area contributed by atoms with E-state index in [4.69, 9.17) is 23.2 Å². The van der Waals surface area contributed by atoms with Crippen molar-refractivity contribution in [2.24, 2.45) is 0 Å². The van der Waals surface area contributed by atoms with E-state index in [-0.39, 0.29) is 5.78 Å². The predicted octanol–water partition coefficient (Wildman–Crippen LogP) is 4.83. The maximum Gasteiger partial charge on any atom is 0.184 e. The highest BCUT2D eigenvalue weighted by Gasteiger charge is 2.41. The molecule has 0 unspecified atom stereocenters. The molecule has 1 aromatic carbocycles.